The molecule has 9 nitrogen and oxygen atoms in total. The number of halogens is 2. The van der Waals surface area contributed by atoms with Crippen molar-refractivity contribution in [2.45, 2.75) is 45.7 Å². The molecule has 0 saturated carbocycles. The number of nitrogens with zero attached hydrogens (tertiary/aromatic N) is 2. The summed E-state index contributed by atoms with van der Waals surface area (Å²) in [5, 5.41) is 3.74. The number of amides is 2. The summed E-state index contributed by atoms with van der Waals surface area (Å²) in [5.41, 5.74) is 1.81. The van der Waals surface area contributed by atoms with E-state index in [-0.39, 0.29) is 56.9 Å². The summed E-state index contributed by atoms with van der Waals surface area (Å²) in [7, 11) is -3.69. The third kappa shape index (κ3) is 8.80. The molecule has 3 aromatic rings. The number of ether oxygens (including phenoxy) is 2. The lowest BCUT2D eigenvalue weighted by Crippen LogP contribution is -2.51. The molecule has 2 amide bonds. The first-order chi connectivity index (χ1) is 20.9. The number of sulfonamides is 1. The number of hydrogen-bond acceptors (Lipinski definition) is 6. The number of benzene rings is 3. The van der Waals surface area contributed by atoms with Gasteiger partial charge in [-0.15, -0.1) is 0 Å². The minimum absolute atomic E-state index is 0.00188. The van der Waals surface area contributed by atoms with E-state index < -0.39 is 16.1 Å². The molecule has 0 aromatic heterocycles. The van der Waals surface area contributed by atoms with Crippen molar-refractivity contribution in [3.8, 4) is 11.5 Å². The molecule has 1 atom stereocenters. The molecule has 1 heterocycles. The monoisotopic (exact) mass is 661 g/mol. The highest BCUT2D eigenvalue weighted by Crippen LogP contribution is 2.36. The van der Waals surface area contributed by atoms with Gasteiger partial charge >= 0.3 is 0 Å². The first-order valence-electron chi connectivity index (χ1n) is 14.4. The number of hydrogen-bond donors (Lipinski definition) is 1. The molecule has 0 spiro atoms. The fourth-order valence-corrected chi connectivity index (χ4v) is 6.35. The summed E-state index contributed by atoms with van der Waals surface area (Å²) in [6.07, 6.45) is 1.55. The van der Waals surface area contributed by atoms with Gasteiger partial charge in [0.05, 0.1) is 11.9 Å². The van der Waals surface area contributed by atoms with Crippen LogP contribution in [0.5, 0.6) is 11.5 Å². The number of carbonyl (C=O) groups excluding carboxylic acids is 2. The molecular weight excluding hydrogens is 625 g/mol. The minimum Gasteiger partial charge on any atom is -0.454 e. The Balaban J connectivity index is 1.61. The summed E-state index contributed by atoms with van der Waals surface area (Å²) in [6.45, 7) is 4.53. The largest absolute Gasteiger partial charge is 0.454 e. The first-order valence-corrected chi connectivity index (χ1v) is 17.0. The molecule has 12 heteroatoms. The molecule has 0 bridgehead atoms. The topological polar surface area (TPSA) is 105 Å². The van der Waals surface area contributed by atoms with Crippen LogP contribution in [0.1, 0.15) is 37.8 Å². The van der Waals surface area contributed by atoms with E-state index in [2.05, 4.69) is 5.32 Å². The second-order valence-corrected chi connectivity index (χ2v) is 13.8. The van der Waals surface area contributed by atoms with Crippen molar-refractivity contribution >= 4 is 50.7 Å². The van der Waals surface area contributed by atoms with Crippen molar-refractivity contribution in [3.05, 3.63) is 87.9 Å². The molecular formula is C32H37Cl2N3O6S. The molecule has 0 aliphatic carbocycles. The Bertz CT molecular complexity index is 1550. The van der Waals surface area contributed by atoms with Crippen molar-refractivity contribution in [2.75, 3.05) is 30.4 Å². The predicted octanol–water partition coefficient (Wildman–Crippen LogP) is 5.68. The average Bonchev–Trinajstić information content (AvgIpc) is 3.45. The van der Waals surface area contributed by atoms with Gasteiger partial charge in [0, 0.05) is 54.2 Å². The minimum atomic E-state index is -3.69. The van der Waals surface area contributed by atoms with Crippen LogP contribution in [0.4, 0.5) is 5.69 Å². The summed E-state index contributed by atoms with van der Waals surface area (Å²) >= 11 is 13.0. The lowest BCUT2D eigenvalue weighted by atomic mass is 10.0. The fourth-order valence-electron chi connectivity index (χ4n) is 4.87. The highest BCUT2D eigenvalue weighted by molar-refractivity contribution is 7.92. The van der Waals surface area contributed by atoms with Crippen LogP contribution in [0.3, 0.4) is 0 Å². The fraction of sp³-hybridized carbons (Fsp3) is 0.375. The predicted molar refractivity (Wildman–Crippen MR) is 173 cm³/mol. The van der Waals surface area contributed by atoms with Crippen LogP contribution in [0.25, 0.3) is 0 Å². The highest BCUT2D eigenvalue weighted by atomic mass is 35.5. The molecule has 0 radical (unpaired) electrons. The Morgan fingerprint density at radius 3 is 2.30 bits per heavy atom. The second kappa shape index (κ2) is 15.0. The third-order valence-corrected chi connectivity index (χ3v) is 9.04. The van der Waals surface area contributed by atoms with E-state index in [0.29, 0.717) is 39.3 Å². The zero-order chi connectivity index (χ0) is 31.9. The van der Waals surface area contributed by atoms with Gasteiger partial charge in [-0.2, -0.15) is 0 Å². The Morgan fingerprint density at radius 1 is 0.955 bits per heavy atom. The van der Waals surface area contributed by atoms with Gasteiger partial charge in [-0.1, -0.05) is 73.4 Å². The second-order valence-electron chi connectivity index (χ2n) is 11.0. The van der Waals surface area contributed by atoms with E-state index in [4.69, 9.17) is 32.7 Å². The Morgan fingerprint density at radius 2 is 1.64 bits per heavy atom. The van der Waals surface area contributed by atoms with Crippen molar-refractivity contribution < 1.29 is 27.5 Å². The van der Waals surface area contributed by atoms with Gasteiger partial charge in [-0.3, -0.25) is 13.9 Å². The van der Waals surface area contributed by atoms with Crippen LogP contribution in [0.15, 0.2) is 66.7 Å². The van der Waals surface area contributed by atoms with Crippen molar-refractivity contribution in [1.82, 2.24) is 10.2 Å². The van der Waals surface area contributed by atoms with Crippen LogP contribution >= 0.6 is 23.2 Å². The molecule has 0 fully saturated rings. The van der Waals surface area contributed by atoms with Gasteiger partial charge in [0.25, 0.3) is 0 Å². The van der Waals surface area contributed by atoms with E-state index in [9.17, 15) is 18.0 Å². The van der Waals surface area contributed by atoms with Gasteiger partial charge in [-0.05, 0) is 42.2 Å². The lowest BCUT2D eigenvalue weighted by Gasteiger charge is -2.32. The van der Waals surface area contributed by atoms with Crippen molar-refractivity contribution in [2.24, 2.45) is 5.92 Å². The van der Waals surface area contributed by atoms with Gasteiger partial charge in [-0.25, -0.2) is 8.42 Å². The molecule has 1 aliphatic heterocycles. The maximum Gasteiger partial charge on any atom is 0.243 e. The number of carbonyl (C=O) groups is 2. The van der Waals surface area contributed by atoms with E-state index in [1.807, 2.05) is 44.2 Å². The molecule has 4 rings (SSSR count). The summed E-state index contributed by atoms with van der Waals surface area (Å²) in [5.74, 6) is 0.562. The molecule has 0 unspecified atom stereocenters. The number of anilines is 1. The zero-order valence-corrected chi connectivity index (χ0v) is 27.3. The third-order valence-electron chi connectivity index (χ3n) is 7.14. The quantitative estimate of drug-likeness (QED) is 0.238. The molecule has 44 heavy (non-hydrogen) atoms. The van der Waals surface area contributed by atoms with Crippen LogP contribution in [-0.2, 0) is 32.6 Å². The summed E-state index contributed by atoms with van der Waals surface area (Å²) in [6, 6.07) is 18.6. The maximum atomic E-state index is 14.0. The van der Waals surface area contributed by atoms with Crippen LogP contribution in [0, 0.1) is 5.92 Å². The molecule has 236 valence electrons. The van der Waals surface area contributed by atoms with Gasteiger partial charge in [0.2, 0.25) is 28.6 Å². The van der Waals surface area contributed by atoms with Gasteiger partial charge in [0.15, 0.2) is 11.5 Å². The SMILES string of the molecule is CC(C)CNC(=O)[C@H](Cc1ccccc1)N(Cc1c(Cl)cccc1Cl)C(=O)CCCN(c1ccc2c(c1)OCO2)S(C)(=O)=O. The summed E-state index contributed by atoms with van der Waals surface area (Å²) < 4.78 is 37.5. The van der Waals surface area contributed by atoms with Gasteiger partial charge < -0.3 is 19.7 Å². The van der Waals surface area contributed by atoms with E-state index in [1.165, 1.54) is 9.21 Å². The van der Waals surface area contributed by atoms with Crippen molar-refractivity contribution in [3.63, 3.8) is 0 Å². The van der Waals surface area contributed by atoms with Crippen molar-refractivity contribution in [1.29, 1.82) is 0 Å². The first kappa shape index (κ1) is 33.4. The normalized spacial score (nSPS) is 13.0. The molecule has 0 saturated heterocycles. The smallest absolute Gasteiger partial charge is 0.243 e. The number of nitrogens with one attached hydrogen (secondary N) is 1. The Hall–Kier alpha value is -3.47. The Kier molecular flexibility index (Phi) is 11.4. The highest BCUT2D eigenvalue weighted by Gasteiger charge is 2.31. The average molecular weight is 663 g/mol. The molecule has 1 aliphatic rings. The standard InChI is InChI=1S/C32H37Cl2N3O6S/c1-22(2)19-35-32(39)28(17-23-9-5-4-6-10-23)36(20-25-26(33)11-7-12-27(25)34)31(38)13-8-16-37(44(3,40)41)24-14-15-29-30(18-24)43-21-42-29/h4-7,9-12,14-15,18,22,28H,8,13,16-17,19-21H2,1-3H3,(H,35,39)/t28-/m0/s1. The van der Waals surface area contributed by atoms with E-state index in [0.717, 1.165) is 11.8 Å². The zero-order valence-electron chi connectivity index (χ0n) is 25.0. The van der Waals surface area contributed by atoms with E-state index >= 15 is 0 Å². The van der Waals surface area contributed by atoms with Gasteiger partial charge in [0.1, 0.15) is 6.04 Å². The molecule has 1 N–H and O–H groups in total. The maximum absolute atomic E-state index is 14.0. The van der Waals surface area contributed by atoms with E-state index in [1.54, 1.807) is 36.4 Å². The molecule has 3 aromatic carbocycles. The van der Waals surface area contributed by atoms with Crippen LogP contribution in [-0.4, -0.2) is 57.3 Å². The number of fused-ring (bicyclic) bond motifs is 1. The lowest BCUT2D eigenvalue weighted by molar-refractivity contribution is -0.141. The number of rotatable bonds is 14. The summed E-state index contributed by atoms with van der Waals surface area (Å²) in [4.78, 5) is 29.2. The van der Waals surface area contributed by atoms with Crippen LogP contribution in [0.2, 0.25) is 10.0 Å². The van der Waals surface area contributed by atoms with Crippen LogP contribution < -0.4 is 19.1 Å². The Labute approximate surface area is 269 Å².